The van der Waals surface area contributed by atoms with Gasteiger partial charge in [0.15, 0.2) is 0 Å². The number of hydrogen-bond acceptors (Lipinski definition) is 3. The second-order valence-electron chi connectivity index (χ2n) is 4.85. The fourth-order valence-electron chi connectivity index (χ4n) is 2.37. The molecule has 1 fully saturated rings. The van der Waals surface area contributed by atoms with E-state index in [0.717, 1.165) is 19.5 Å². The molecule has 0 spiro atoms. The van der Waals surface area contributed by atoms with Gasteiger partial charge in [-0.1, -0.05) is 18.0 Å². The van der Waals surface area contributed by atoms with Gasteiger partial charge in [0.25, 0.3) is 5.91 Å². The van der Waals surface area contributed by atoms with Crippen LogP contribution in [0.5, 0.6) is 0 Å². The molecule has 0 aromatic carbocycles. The molecule has 2 rings (SSSR count). The lowest BCUT2D eigenvalue weighted by atomic mass is 10.0. The maximum absolute atomic E-state index is 12.4. The van der Waals surface area contributed by atoms with Crippen LogP contribution in [0, 0.1) is 0 Å². The van der Waals surface area contributed by atoms with E-state index >= 15 is 0 Å². The van der Waals surface area contributed by atoms with Crippen LogP contribution in [-0.4, -0.2) is 41.5 Å². The van der Waals surface area contributed by atoms with Crippen LogP contribution in [0.3, 0.4) is 0 Å². The van der Waals surface area contributed by atoms with Crippen molar-refractivity contribution in [3.8, 4) is 0 Å². The summed E-state index contributed by atoms with van der Waals surface area (Å²) in [5, 5.41) is 4.01. The molecule has 1 unspecified atom stereocenters. The molecule has 0 saturated carbocycles. The molecule has 4 nitrogen and oxygen atoms in total. The van der Waals surface area contributed by atoms with Gasteiger partial charge in [-0.15, -0.1) is 0 Å². The summed E-state index contributed by atoms with van der Waals surface area (Å²) >= 11 is 5.79. The quantitative estimate of drug-likeness (QED) is 0.921. The number of nitrogens with one attached hydrogen (secondary N) is 1. The number of piperidine rings is 1. The highest BCUT2D eigenvalue weighted by Crippen LogP contribution is 2.12. The van der Waals surface area contributed by atoms with Crippen LogP contribution in [0.2, 0.25) is 5.02 Å². The number of carbonyl (C=O) groups is 1. The molecule has 1 N–H and O–H groups in total. The lowest BCUT2D eigenvalue weighted by Crippen LogP contribution is -2.45. The number of hydrogen-bond donors (Lipinski definition) is 1. The van der Waals surface area contributed by atoms with Gasteiger partial charge >= 0.3 is 0 Å². The molecule has 1 aromatic heterocycles. The molecule has 1 aliphatic rings. The number of halogens is 1. The maximum Gasteiger partial charge on any atom is 0.272 e. The molecule has 1 aromatic rings. The van der Waals surface area contributed by atoms with Crippen molar-refractivity contribution in [1.82, 2.24) is 15.2 Å². The lowest BCUT2D eigenvalue weighted by Gasteiger charge is -2.29. The minimum absolute atomic E-state index is 0.0217. The number of carbonyl (C=O) groups excluding carboxylic acids is 1. The van der Waals surface area contributed by atoms with Gasteiger partial charge in [0.05, 0.1) is 5.02 Å². The fraction of sp³-hybridized carbons (Fsp3) is 0.571. The summed E-state index contributed by atoms with van der Waals surface area (Å²) in [5.41, 5.74) is 0.460. The third kappa shape index (κ3) is 3.91. The van der Waals surface area contributed by atoms with E-state index < -0.39 is 0 Å². The highest BCUT2D eigenvalue weighted by molar-refractivity contribution is 6.30. The minimum atomic E-state index is -0.0217. The smallest absolute Gasteiger partial charge is 0.272 e. The number of nitrogens with zero attached hydrogens (tertiary/aromatic N) is 2. The monoisotopic (exact) mass is 281 g/mol. The Morgan fingerprint density at radius 1 is 1.53 bits per heavy atom. The largest absolute Gasteiger partial charge is 0.336 e. The zero-order valence-electron chi connectivity index (χ0n) is 11.2. The summed E-state index contributed by atoms with van der Waals surface area (Å²) in [6, 6.07) is 3.79. The molecule has 19 heavy (non-hydrogen) atoms. The van der Waals surface area contributed by atoms with Gasteiger partial charge in [0, 0.05) is 25.3 Å². The van der Waals surface area contributed by atoms with Crippen molar-refractivity contribution < 1.29 is 4.79 Å². The van der Waals surface area contributed by atoms with Crippen LogP contribution in [0.4, 0.5) is 0 Å². The molecule has 5 heteroatoms. The lowest BCUT2D eigenvalue weighted by molar-refractivity contribution is 0.0735. The van der Waals surface area contributed by atoms with E-state index in [1.165, 1.54) is 19.0 Å². The number of likely N-dealkylation sites (N-methyl/N-ethyl adjacent to an activating group) is 1. The molecule has 104 valence electrons. The number of amides is 1. The average Bonchev–Trinajstić information content (AvgIpc) is 2.46. The second kappa shape index (κ2) is 6.87. The normalized spacial score (nSPS) is 19.2. The Bertz CT molecular complexity index is 415. The van der Waals surface area contributed by atoms with E-state index in [1.807, 2.05) is 11.8 Å². The molecule has 0 radical (unpaired) electrons. The number of pyridine rings is 1. The van der Waals surface area contributed by atoms with E-state index in [2.05, 4.69) is 10.3 Å². The number of rotatable bonds is 4. The number of aromatic nitrogens is 1. The van der Waals surface area contributed by atoms with E-state index in [0.29, 0.717) is 23.3 Å². The first-order valence-corrected chi connectivity index (χ1v) is 7.22. The molecular formula is C14H20ClN3O. The highest BCUT2D eigenvalue weighted by Gasteiger charge is 2.21. The van der Waals surface area contributed by atoms with Crippen molar-refractivity contribution in [2.45, 2.75) is 32.2 Å². The van der Waals surface area contributed by atoms with Crippen molar-refractivity contribution in [3.05, 3.63) is 29.0 Å². The van der Waals surface area contributed by atoms with E-state index in [1.54, 1.807) is 12.1 Å². The van der Waals surface area contributed by atoms with Crippen molar-refractivity contribution in [1.29, 1.82) is 0 Å². The zero-order chi connectivity index (χ0) is 13.7. The predicted octanol–water partition coefficient (Wildman–Crippen LogP) is 2.34. The first kappa shape index (κ1) is 14.3. The van der Waals surface area contributed by atoms with Crippen molar-refractivity contribution in [2.24, 2.45) is 0 Å². The van der Waals surface area contributed by atoms with Gasteiger partial charge in [0.1, 0.15) is 5.69 Å². The fourth-order valence-corrected chi connectivity index (χ4v) is 2.48. The second-order valence-corrected chi connectivity index (χ2v) is 5.29. The van der Waals surface area contributed by atoms with Crippen LogP contribution >= 0.6 is 11.6 Å². The van der Waals surface area contributed by atoms with Crippen LogP contribution in [0.15, 0.2) is 18.3 Å². The molecule has 1 aliphatic heterocycles. The Morgan fingerprint density at radius 2 is 2.37 bits per heavy atom. The topological polar surface area (TPSA) is 45.2 Å². The third-order valence-corrected chi connectivity index (χ3v) is 3.69. The van der Waals surface area contributed by atoms with E-state index in [4.69, 9.17) is 11.6 Å². The van der Waals surface area contributed by atoms with Gasteiger partial charge in [-0.3, -0.25) is 4.79 Å². The Hall–Kier alpha value is -1.13. The molecule has 1 saturated heterocycles. The predicted molar refractivity (Wildman–Crippen MR) is 76.5 cm³/mol. The van der Waals surface area contributed by atoms with E-state index in [9.17, 15) is 4.79 Å². The van der Waals surface area contributed by atoms with Gasteiger partial charge in [-0.2, -0.15) is 0 Å². The summed E-state index contributed by atoms with van der Waals surface area (Å²) in [6.07, 6.45) is 5.12. The SMILES string of the molecule is CCN(CC1CCCCN1)C(=O)c1ccc(Cl)cn1. The Labute approximate surface area is 119 Å². The Kier molecular flexibility index (Phi) is 5.16. The standard InChI is InChI=1S/C14H20ClN3O/c1-2-18(10-12-5-3-4-8-16-12)14(19)13-7-6-11(15)9-17-13/h6-7,9,12,16H,2-5,8,10H2,1H3. The summed E-state index contributed by atoms with van der Waals surface area (Å²) < 4.78 is 0. The molecule has 2 heterocycles. The van der Waals surface area contributed by atoms with Crippen LogP contribution in [-0.2, 0) is 0 Å². The summed E-state index contributed by atoms with van der Waals surface area (Å²) in [4.78, 5) is 18.3. The van der Waals surface area contributed by atoms with Gasteiger partial charge in [0.2, 0.25) is 0 Å². The summed E-state index contributed by atoms with van der Waals surface area (Å²) in [6.45, 7) is 4.49. The minimum Gasteiger partial charge on any atom is -0.336 e. The average molecular weight is 282 g/mol. The van der Waals surface area contributed by atoms with Crippen molar-refractivity contribution >= 4 is 17.5 Å². The van der Waals surface area contributed by atoms with Crippen LogP contribution < -0.4 is 5.32 Å². The first-order chi connectivity index (χ1) is 9.20. The molecule has 1 atom stereocenters. The van der Waals surface area contributed by atoms with Crippen LogP contribution in [0.25, 0.3) is 0 Å². The zero-order valence-corrected chi connectivity index (χ0v) is 12.0. The van der Waals surface area contributed by atoms with Crippen LogP contribution in [0.1, 0.15) is 36.7 Å². The van der Waals surface area contributed by atoms with Gasteiger partial charge in [-0.25, -0.2) is 4.98 Å². The molecule has 1 amide bonds. The summed E-state index contributed by atoms with van der Waals surface area (Å²) in [5.74, 6) is -0.0217. The Balaban J connectivity index is 1.99. The molecular weight excluding hydrogens is 262 g/mol. The maximum atomic E-state index is 12.4. The molecule has 0 aliphatic carbocycles. The van der Waals surface area contributed by atoms with Crippen molar-refractivity contribution in [2.75, 3.05) is 19.6 Å². The summed E-state index contributed by atoms with van der Waals surface area (Å²) in [7, 11) is 0. The highest BCUT2D eigenvalue weighted by atomic mass is 35.5. The third-order valence-electron chi connectivity index (χ3n) is 3.47. The van der Waals surface area contributed by atoms with Gasteiger partial charge < -0.3 is 10.2 Å². The Morgan fingerprint density at radius 3 is 2.95 bits per heavy atom. The van der Waals surface area contributed by atoms with Gasteiger partial charge in [-0.05, 0) is 38.4 Å². The molecule has 0 bridgehead atoms. The first-order valence-electron chi connectivity index (χ1n) is 6.85. The van der Waals surface area contributed by atoms with E-state index in [-0.39, 0.29) is 5.91 Å². The van der Waals surface area contributed by atoms with Crippen molar-refractivity contribution in [3.63, 3.8) is 0 Å².